The number of fused-ring (bicyclic) bond motifs is 1. The van der Waals surface area contributed by atoms with Crippen molar-refractivity contribution in [1.29, 1.82) is 0 Å². The van der Waals surface area contributed by atoms with E-state index in [2.05, 4.69) is 34.7 Å². The Bertz CT molecular complexity index is 1240. The number of hydrogen-bond acceptors (Lipinski definition) is 4. The molecule has 5 rings (SSSR count). The third-order valence-electron chi connectivity index (χ3n) is 6.83. The maximum atomic E-state index is 13.1. The highest BCUT2D eigenvalue weighted by Gasteiger charge is 2.32. The summed E-state index contributed by atoms with van der Waals surface area (Å²) in [7, 11) is -3.59. The summed E-state index contributed by atoms with van der Waals surface area (Å²) in [5.41, 5.74) is 5.15. The average molecular weight is 433 g/mol. The normalized spacial score (nSPS) is 18.3. The van der Waals surface area contributed by atoms with Crippen LogP contribution in [0.1, 0.15) is 48.4 Å². The summed E-state index contributed by atoms with van der Waals surface area (Å²) < 4.78 is 26.3. The molecule has 2 heterocycles. The van der Waals surface area contributed by atoms with Crippen LogP contribution in [0, 0.1) is 0 Å². The summed E-state index contributed by atoms with van der Waals surface area (Å²) in [6.07, 6.45) is 7.44. The lowest BCUT2D eigenvalue weighted by atomic mass is 9.93. The second-order valence-electron chi connectivity index (χ2n) is 8.66. The lowest BCUT2D eigenvalue weighted by Gasteiger charge is -2.35. The van der Waals surface area contributed by atoms with E-state index in [4.69, 9.17) is 0 Å². The first-order valence-electron chi connectivity index (χ1n) is 11.2. The van der Waals surface area contributed by atoms with Crippen LogP contribution >= 0.6 is 0 Å². The smallest absolute Gasteiger partial charge is 0.204 e. The fourth-order valence-corrected chi connectivity index (χ4v) is 6.65. The van der Waals surface area contributed by atoms with Gasteiger partial charge < -0.3 is 0 Å². The predicted molar refractivity (Wildman–Crippen MR) is 125 cm³/mol. The Morgan fingerprint density at radius 1 is 1.03 bits per heavy atom. The molecule has 1 atom stereocenters. The monoisotopic (exact) mass is 432 g/mol. The molecule has 0 spiro atoms. The van der Waals surface area contributed by atoms with Crippen molar-refractivity contribution in [3.63, 3.8) is 0 Å². The highest BCUT2D eigenvalue weighted by atomic mass is 32.2. The molecule has 0 fully saturated rings. The third-order valence-corrected chi connectivity index (χ3v) is 8.71. The molecule has 5 heteroatoms. The van der Waals surface area contributed by atoms with Crippen LogP contribution in [-0.4, -0.2) is 31.4 Å². The van der Waals surface area contributed by atoms with Crippen LogP contribution < -0.4 is 0 Å². The molecular weight excluding hydrogens is 404 g/mol. The Labute approximate surface area is 184 Å². The van der Waals surface area contributed by atoms with Gasteiger partial charge in [0.05, 0.1) is 10.4 Å². The molecule has 1 aliphatic carbocycles. The predicted octanol–water partition coefficient (Wildman–Crippen LogP) is 5.24. The molecule has 0 bridgehead atoms. The fraction of sp³-hybridized carbons (Fsp3) is 0.346. The number of sulfone groups is 1. The second kappa shape index (κ2) is 8.21. The summed E-state index contributed by atoms with van der Waals surface area (Å²) in [6.45, 7) is 6.05. The third kappa shape index (κ3) is 3.70. The summed E-state index contributed by atoms with van der Waals surface area (Å²) >= 11 is 0. The first-order valence-corrected chi connectivity index (χ1v) is 12.7. The van der Waals surface area contributed by atoms with Gasteiger partial charge in [-0.3, -0.25) is 9.88 Å². The molecule has 4 nitrogen and oxygen atoms in total. The van der Waals surface area contributed by atoms with Crippen molar-refractivity contribution in [2.45, 2.75) is 49.5 Å². The molecule has 2 aliphatic rings. The molecule has 31 heavy (non-hydrogen) atoms. The van der Waals surface area contributed by atoms with Gasteiger partial charge in [0, 0.05) is 29.1 Å². The Morgan fingerprint density at radius 2 is 1.81 bits per heavy atom. The molecule has 160 valence electrons. The lowest BCUT2D eigenvalue weighted by Crippen LogP contribution is -2.34. The number of allylic oxidation sites excluding steroid dienone is 1. The molecular formula is C26H28N2O2S. The number of rotatable bonds is 7. The number of aryl methyl sites for hydroxylation is 1. The van der Waals surface area contributed by atoms with Gasteiger partial charge in [0.25, 0.3) is 0 Å². The number of nitrogens with zero attached hydrogens (tertiary/aromatic N) is 2. The van der Waals surface area contributed by atoms with E-state index in [-0.39, 0.29) is 9.80 Å². The SMILES string of the molecule is C=C(CCCCN1CCc2cccc3c2C1CC3)S(=O)(=O)c1cccc2cccnc12. The van der Waals surface area contributed by atoms with Crippen LogP contribution in [0.25, 0.3) is 10.9 Å². The van der Waals surface area contributed by atoms with Gasteiger partial charge in [-0.2, -0.15) is 0 Å². The van der Waals surface area contributed by atoms with Crippen molar-refractivity contribution in [3.05, 3.63) is 82.9 Å². The van der Waals surface area contributed by atoms with Crippen LogP contribution in [0.3, 0.4) is 0 Å². The maximum Gasteiger partial charge on any atom is 0.204 e. The Hall–Kier alpha value is -2.50. The average Bonchev–Trinajstić information content (AvgIpc) is 3.23. The van der Waals surface area contributed by atoms with E-state index in [1.54, 1.807) is 23.9 Å². The van der Waals surface area contributed by atoms with Crippen molar-refractivity contribution >= 4 is 20.7 Å². The van der Waals surface area contributed by atoms with Crippen molar-refractivity contribution in [1.82, 2.24) is 9.88 Å². The van der Waals surface area contributed by atoms with E-state index in [0.29, 0.717) is 18.0 Å². The Morgan fingerprint density at radius 3 is 2.68 bits per heavy atom. The maximum absolute atomic E-state index is 13.1. The summed E-state index contributed by atoms with van der Waals surface area (Å²) in [4.78, 5) is 7.46. The van der Waals surface area contributed by atoms with Crippen LogP contribution in [0.4, 0.5) is 0 Å². The van der Waals surface area contributed by atoms with Crippen LogP contribution in [0.2, 0.25) is 0 Å². The van der Waals surface area contributed by atoms with Crippen LogP contribution in [0.5, 0.6) is 0 Å². The summed E-state index contributed by atoms with van der Waals surface area (Å²) in [5, 5.41) is 0.831. The van der Waals surface area contributed by atoms with Gasteiger partial charge in [-0.25, -0.2) is 8.42 Å². The van der Waals surface area contributed by atoms with E-state index >= 15 is 0 Å². The first kappa shape index (κ1) is 20.4. The summed E-state index contributed by atoms with van der Waals surface area (Å²) in [6, 6.07) is 16.3. The van der Waals surface area contributed by atoms with Crippen molar-refractivity contribution in [2.24, 2.45) is 0 Å². The van der Waals surface area contributed by atoms with E-state index < -0.39 is 9.84 Å². The summed E-state index contributed by atoms with van der Waals surface area (Å²) in [5.74, 6) is 0. The van der Waals surface area contributed by atoms with Crippen molar-refractivity contribution in [2.75, 3.05) is 13.1 Å². The molecule has 0 N–H and O–H groups in total. The minimum atomic E-state index is -3.59. The van der Waals surface area contributed by atoms with Gasteiger partial charge in [-0.15, -0.1) is 0 Å². The van der Waals surface area contributed by atoms with Crippen molar-refractivity contribution in [3.8, 4) is 0 Å². The molecule has 0 amide bonds. The fourth-order valence-electron chi connectivity index (χ4n) is 5.24. The Kier molecular flexibility index (Phi) is 5.40. The van der Waals surface area contributed by atoms with E-state index in [1.165, 1.54) is 24.0 Å². The highest BCUT2D eigenvalue weighted by molar-refractivity contribution is 7.95. The zero-order valence-corrected chi connectivity index (χ0v) is 18.6. The van der Waals surface area contributed by atoms with E-state index in [9.17, 15) is 8.42 Å². The number of para-hydroxylation sites is 1. The molecule has 3 aromatic rings. The quantitative estimate of drug-likeness (QED) is 0.479. The van der Waals surface area contributed by atoms with E-state index in [1.807, 2.05) is 18.2 Å². The van der Waals surface area contributed by atoms with Gasteiger partial charge in [-0.1, -0.05) is 43.0 Å². The van der Waals surface area contributed by atoms with Gasteiger partial charge >= 0.3 is 0 Å². The number of unbranched alkanes of at least 4 members (excludes halogenated alkanes) is 1. The van der Waals surface area contributed by atoms with Crippen LogP contribution in [-0.2, 0) is 22.7 Å². The number of aromatic nitrogens is 1. The minimum Gasteiger partial charge on any atom is -0.296 e. The molecule has 1 aliphatic heterocycles. The first-order chi connectivity index (χ1) is 15.1. The number of hydrogen-bond donors (Lipinski definition) is 0. The van der Waals surface area contributed by atoms with Crippen LogP contribution in [0.15, 0.2) is 71.1 Å². The van der Waals surface area contributed by atoms with Gasteiger partial charge in [0.2, 0.25) is 9.84 Å². The number of benzene rings is 2. The topological polar surface area (TPSA) is 50.3 Å². The molecule has 2 aromatic carbocycles. The minimum absolute atomic E-state index is 0.265. The molecule has 0 saturated heterocycles. The van der Waals surface area contributed by atoms with Gasteiger partial charge in [0.1, 0.15) is 0 Å². The highest BCUT2D eigenvalue weighted by Crippen LogP contribution is 2.41. The molecule has 1 unspecified atom stereocenters. The standard InChI is InChI=1S/C26H28N2O2S/c1-19(31(29,30)24-12-5-10-22-11-6-16-27-26(22)24)7-2-3-17-28-18-15-21-9-4-8-20-13-14-23(28)25(20)21/h4-6,8-12,16,23H,1-3,7,13-15,17-18H2. The molecule has 0 saturated carbocycles. The zero-order valence-electron chi connectivity index (χ0n) is 17.8. The van der Waals surface area contributed by atoms with Crippen molar-refractivity contribution < 1.29 is 8.42 Å². The van der Waals surface area contributed by atoms with Gasteiger partial charge in [-0.05, 0) is 73.9 Å². The second-order valence-corrected chi connectivity index (χ2v) is 10.7. The molecule has 1 aromatic heterocycles. The van der Waals surface area contributed by atoms with Gasteiger partial charge in [0.15, 0.2) is 0 Å². The zero-order chi connectivity index (χ0) is 21.4. The Balaban J connectivity index is 1.21. The molecule has 0 radical (unpaired) electrons. The number of pyridine rings is 1. The van der Waals surface area contributed by atoms with E-state index in [0.717, 1.165) is 37.7 Å². The largest absolute Gasteiger partial charge is 0.296 e. The lowest BCUT2D eigenvalue weighted by molar-refractivity contribution is 0.182.